The lowest BCUT2D eigenvalue weighted by molar-refractivity contribution is -0.321. The maximum Gasteiger partial charge on any atom is 0.328 e. The number of nitrogens with one attached hydrogen (secondary N) is 2. The number of esters is 1. The maximum absolute atomic E-state index is 15.2. The van der Waals surface area contributed by atoms with Crippen LogP contribution in [0.2, 0.25) is 0 Å². The fraction of sp³-hybridized carbons (Fsp3) is 0.784. The molecule has 20 nitrogen and oxygen atoms in total. The van der Waals surface area contributed by atoms with Gasteiger partial charge in [-0.05, 0) is 89.4 Å². The number of carbonyl (C=O) groups excluding carboxylic acids is 9. The van der Waals surface area contributed by atoms with Gasteiger partial charge in [-0.3, -0.25) is 43.2 Å². The summed E-state index contributed by atoms with van der Waals surface area (Å²) in [7, 11) is 7.11. The third-order valence-electron chi connectivity index (χ3n) is 14.0. The topological polar surface area (TPSA) is 242 Å². The summed E-state index contributed by atoms with van der Waals surface area (Å²) >= 11 is 0. The summed E-state index contributed by atoms with van der Waals surface area (Å²) in [5, 5.41) is 6.47. The van der Waals surface area contributed by atoms with Crippen molar-refractivity contribution in [2.24, 2.45) is 35.3 Å². The molecule has 2 aliphatic heterocycles. The molecule has 8 amide bonds. The molecule has 0 aromatic carbocycles. The SMILES string of the molecule is C/C=C/C[C@@H](C)[C@H]1ON(C(=O)[C@H](C(C)C)N(C)C(=O)[C@@H]2CC(C)N(C(=O)[C@H](C)NC(=O)[C@H](CC(C)C)N(C)C(=O)[C@@H](N)C(C)C)[C@H](C)C(=O)N(C)[C@@H](CC(C)C)C(=O)N2C)[C@@H]1C(=O)N[C@@H](CC)C(=O)OC. The van der Waals surface area contributed by atoms with E-state index < -0.39 is 126 Å². The Morgan fingerprint density at radius 1 is 0.845 bits per heavy atom. The van der Waals surface area contributed by atoms with Gasteiger partial charge >= 0.3 is 5.97 Å². The molecule has 2 aliphatic rings. The van der Waals surface area contributed by atoms with E-state index in [-0.39, 0.29) is 49.4 Å². The first-order chi connectivity index (χ1) is 32.9. The van der Waals surface area contributed by atoms with Crippen LogP contribution in [0.1, 0.15) is 129 Å². The Kier molecular flexibility index (Phi) is 23.7. The second kappa shape index (κ2) is 27.1. The number of carbonyl (C=O) groups is 9. The molecule has 12 atom stereocenters. The van der Waals surface area contributed by atoms with Crippen LogP contribution in [0.15, 0.2) is 12.2 Å². The molecular weight excluding hydrogens is 915 g/mol. The van der Waals surface area contributed by atoms with Crippen molar-refractivity contribution in [2.45, 2.75) is 196 Å². The molecule has 404 valence electrons. The zero-order chi connectivity index (χ0) is 54.7. The standard InChI is InChI=1S/C51H89N9O11/c1-20-22-23-31(11)42-41(44(62)54-35(21-2)51(69)70-19)60(71-42)50(68)40(30(9)10)58(18)48(66)38-26-32(12)59(34(14)46(64)56(16)37(25-28(5)6)47(65)57(38)17)45(63)33(13)53-43(61)36(24-27(3)4)55(15)49(67)39(52)29(7)8/h20,22,27-42H,21,23-26,52H2,1-19H3,(H,53,61)(H,54,62)/b22-20+/t31-,32?,33+,34-,35+,36+,37+,38+,39+,40+,41+,42-/m1/s1. The van der Waals surface area contributed by atoms with Crippen LogP contribution in [0.5, 0.6) is 0 Å². The summed E-state index contributed by atoms with van der Waals surface area (Å²) in [4.78, 5) is 141. The van der Waals surface area contributed by atoms with Crippen molar-refractivity contribution >= 4 is 53.2 Å². The first kappa shape index (κ1) is 62.0. The van der Waals surface area contributed by atoms with Gasteiger partial charge in [0, 0.05) is 34.2 Å². The Labute approximate surface area is 423 Å². The molecule has 2 saturated heterocycles. The smallest absolute Gasteiger partial charge is 0.328 e. The molecule has 0 aromatic rings. The number of ether oxygens (including phenoxy) is 1. The molecule has 0 bridgehead atoms. The highest BCUT2D eigenvalue weighted by molar-refractivity contribution is 5.98. The average Bonchev–Trinajstić information content (AvgIpc) is 3.29. The Morgan fingerprint density at radius 3 is 1.93 bits per heavy atom. The largest absolute Gasteiger partial charge is 0.467 e. The molecule has 71 heavy (non-hydrogen) atoms. The van der Waals surface area contributed by atoms with Crippen LogP contribution < -0.4 is 16.4 Å². The van der Waals surface area contributed by atoms with Crippen molar-refractivity contribution in [2.75, 3.05) is 35.3 Å². The Balaban J connectivity index is 2.70. The van der Waals surface area contributed by atoms with Gasteiger partial charge in [0.25, 0.3) is 5.91 Å². The van der Waals surface area contributed by atoms with E-state index >= 15 is 4.79 Å². The third kappa shape index (κ3) is 15.0. The minimum atomic E-state index is -1.30. The second-order valence-corrected chi connectivity index (χ2v) is 21.3. The fourth-order valence-corrected chi connectivity index (χ4v) is 9.43. The number of hydroxylamine groups is 2. The highest BCUT2D eigenvalue weighted by Gasteiger charge is 2.54. The first-order valence-corrected chi connectivity index (χ1v) is 25.4. The van der Waals surface area contributed by atoms with E-state index in [2.05, 4.69) is 10.6 Å². The molecule has 0 saturated carbocycles. The minimum absolute atomic E-state index is 0.0195. The molecule has 0 spiro atoms. The normalized spacial score (nSPS) is 23.8. The average molecular weight is 1000 g/mol. The van der Waals surface area contributed by atoms with Crippen molar-refractivity contribution in [1.82, 2.24) is 40.2 Å². The molecule has 0 radical (unpaired) electrons. The van der Waals surface area contributed by atoms with Crippen molar-refractivity contribution in [3.63, 3.8) is 0 Å². The van der Waals surface area contributed by atoms with Crippen LogP contribution in [0, 0.1) is 29.6 Å². The monoisotopic (exact) mass is 1000 g/mol. The summed E-state index contributed by atoms with van der Waals surface area (Å²) in [6, 6.07) is -10.9. The Bertz CT molecular complexity index is 1930. The predicted octanol–water partition coefficient (Wildman–Crippen LogP) is 2.72. The molecule has 0 aromatic heterocycles. The molecular formula is C51H89N9O11. The van der Waals surface area contributed by atoms with Gasteiger partial charge in [-0.15, -0.1) is 0 Å². The Morgan fingerprint density at radius 2 is 1.44 bits per heavy atom. The van der Waals surface area contributed by atoms with Crippen LogP contribution in [0.3, 0.4) is 0 Å². The molecule has 1 unspecified atom stereocenters. The van der Waals surface area contributed by atoms with Crippen molar-refractivity contribution in [3.8, 4) is 0 Å². The van der Waals surface area contributed by atoms with Crippen LogP contribution in [-0.4, -0.2) is 185 Å². The molecule has 20 heteroatoms. The van der Waals surface area contributed by atoms with E-state index in [0.717, 1.165) is 5.06 Å². The number of nitrogens with zero attached hydrogens (tertiary/aromatic N) is 6. The number of hydrogen-bond donors (Lipinski definition) is 3. The van der Waals surface area contributed by atoms with Gasteiger partial charge in [-0.25, -0.2) is 9.86 Å². The zero-order valence-electron chi connectivity index (χ0n) is 46.2. The second-order valence-electron chi connectivity index (χ2n) is 21.3. The molecule has 2 heterocycles. The Hall–Kier alpha value is -5.11. The third-order valence-corrected chi connectivity index (χ3v) is 14.0. The number of amides is 8. The van der Waals surface area contributed by atoms with Crippen LogP contribution in [0.4, 0.5) is 0 Å². The number of nitrogens with two attached hydrogens (primary N) is 1. The number of hydrogen-bond acceptors (Lipinski definition) is 12. The molecule has 2 fully saturated rings. The lowest BCUT2D eigenvalue weighted by Crippen LogP contribution is -2.71. The summed E-state index contributed by atoms with van der Waals surface area (Å²) in [6.07, 6.45) is 4.08. The van der Waals surface area contributed by atoms with E-state index in [1.807, 2.05) is 67.5 Å². The highest BCUT2D eigenvalue weighted by Crippen LogP contribution is 2.34. The summed E-state index contributed by atoms with van der Waals surface area (Å²) in [5.74, 6) is -6.44. The minimum Gasteiger partial charge on any atom is -0.467 e. The van der Waals surface area contributed by atoms with Gasteiger partial charge in [0.15, 0.2) is 6.04 Å². The number of likely N-dealkylation sites (N-methyl/N-ethyl adjacent to an activating group) is 4. The van der Waals surface area contributed by atoms with E-state index in [1.165, 1.54) is 66.7 Å². The lowest BCUT2D eigenvalue weighted by Gasteiger charge is -2.50. The van der Waals surface area contributed by atoms with Gasteiger partial charge in [-0.2, -0.15) is 0 Å². The fourth-order valence-electron chi connectivity index (χ4n) is 9.43. The van der Waals surface area contributed by atoms with Crippen molar-refractivity contribution < 1.29 is 52.7 Å². The first-order valence-electron chi connectivity index (χ1n) is 25.4. The van der Waals surface area contributed by atoms with E-state index in [0.29, 0.717) is 6.42 Å². The van der Waals surface area contributed by atoms with Gasteiger partial charge in [0.1, 0.15) is 48.4 Å². The summed E-state index contributed by atoms with van der Waals surface area (Å²) in [6.45, 7) is 24.8. The van der Waals surface area contributed by atoms with Gasteiger partial charge in [0.2, 0.25) is 41.4 Å². The van der Waals surface area contributed by atoms with E-state index in [4.69, 9.17) is 15.3 Å². The highest BCUT2D eigenvalue weighted by atomic mass is 16.7. The zero-order valence-corrected chi connectivity index (χ0v) is 46.2. The van der Waals surface area contributed by atoms with Gasteiger partial charge in [-0.1, -0.05) is 81.4 Å². The van der Waals surface area contributed by atoms with Crippen molar-refractivity contribution in [3.05, 3.63) is 12.2 Å². The quantitative estimate of drug-likeness (QED) is 0.111. The number of rotatable bonds is 21. The number of allylic oxidation sites excluding steroid dienone is 2. The van der Waals surface area contributed by atoms with Gasteiger partial charge in [0.05, 0.1) is 13.2 Å². The maximum atomic E-state index is 15.2. The van der Waals surface area contributed by atoms with Crippen molar-refractivity contribution in [1.29, 1.82) is 0 Å². The van der Waals surface area contributed by atoms with Crippen LogP contribution in [-0.2, 0) is 52.7 Å². The van der Waals surface area contributed by atoms with E-state index in [9.17, 15) is 38.4 Å². The van der Waals surface area contributed by atoms with Gasteiger partial charge < -0.3 is 45.6 Å². The van der Waals surface area contributed by atoms with E-state index in [1.54, 1.807) is 34.6 Å². The molecule has 4 N–H and O–H groups in total. The molecule has 0 aliphatic carbocycles. The lowest BCUT2D eigenvalue weighted by atomic mass is 9.90. The van der Waals surface area contributed by atoms with Crippen LogP contribution in [0.25, 0.3) is 0 Å². The summed E-state index contributed by atoms with van der Waals surface area (Å²) < 4.78 is 4.89. The predicted molar refractivity (Wildman–Crippen MR) is 269 cm³/mol. The number of methoxy groups -OCH3 is 1. The molecule has 2 rings (SSSR count). The summed E-state index contributed by atoms with van der Waals surface area (Å²) in [5.41, 5.74) is 6.21. The van der Waals surface area contributed by atoms with Crippen LogP contribution >= 0.6 is 0 Å².